The van der Waals surface area contributed by atoms with Crippen LogP contribution in [-0.2, 0) is 10.8 Å². The molecule has 0 saturated heterocycles. The monoisotopic (exact) mass is 1180 g/mol. The molecule has 17 rings (SSSR count). The first kappa shape index (κ1) is 55.0. The van der Waals surface area contributed by atoms with Crippen LogP contribution in [0.25, 0.3) is 82.8 Å². The van der Waals surface area contributed by atoms with Crippen molar-refractivity contribution in [3.63, 3.8) is 0 Å². The SMILES string of the molecule is CC(C)(C)c1ccc(N2c3cc(N(c4cccc(-c5ccccc5)c4)c4ccc5oc6ccc(-c7ccccc7)cc6c5c4)ccc3B3c4cc5c6ccccc6n(-c6ccccc6)c5cc4N(c4ccc(C(C)(C)C)cc4)c4cc(-c5ccccc5)cc2c43)cc1. The van der Waals surface area contributed by atoms with Gasteiger partial charge in [-0.05, 0) is 187 Å². The highest BCUT2D eigenvalue weighted by atomic mass is 16.3. The molecule has 0 atom stereocenters. The van der Waals surface area contributed by atoms with E-state index in [4.69, 9.17) is 4.42 Å². The average Bonchev–Trinajstić information content (AvgIpc) is 0.985. The van der Waals surface area contributed by atoms with Gasteiger partial charge < -0.3 is 23.7 Å². The summed E-state index contributed by atoms with van der Waals surface area (Å²) < 4.78 is 9.14. The Morgan fingerprint density at radius 2 is 0.793 bits per heavy atom. The smallest absolute Gasteiger partial charge is 0.252 e. The standard InChI is InChI=1S/C86H67BN4O/c1-85(2,3)62-35-39-65(40-36-62)90-78-53-69(88(67-31-21-28-59(48-67)56-22-11-7-12-23-56)68-44-47-83-73(52-68)72-49-60(34-46-82(72)92-83)57-24-13-8-14-25-57)43-45-74(78)87-75-54-71-70-32-19-20-33-76(70)89(64-29-17-10-18-30-64)77(71)55-79(75)91(66-41-37-63(38-42-66)86(4,5)6)81-51-61(50-80(90)84(81)87)58-26-15-9-16-27-58/h7-55H,1-6H3. The summed E-state index contributed by atoms with van der Waals surface area (Å²) in [6, 6.07) is 110. The van der Waals surface area contributed by atoms with Gasteiger partial charge in [0.1, 0.15) is 11.2 Å². The summed E-state index contributed by atoms with van der Waals surface area (Å²) in [5.41, 5.74) is 28.2. The quantitative estimate of drug-likeness (QED) is 0.135. The van der Waals surface area contributed by atoms with E-state index >= 15 is 0 Å². The van der Waals surface area contributed by atoms with Crippen molar-refractivity contribution in [3.8, 4) is 39.1 Å². The Morgan fingerprint density at radius 1 is 0.304 bits per heavy atom. The predicted molar refractivity (Wildman–Crippen MR) is 390 cm³/mol. The van der Waals surface area contributed by atoms with E-state index in [-0.39, 0.29) is 17.5 Å². The zero-order valence-corrected chi connectivity index (χ0v) is 52.6. The normalized spacial score (nSPS) is 12.8. The van der Waals surface area contributed by atoms with Crippen LogP contribution in [0.2, 0.25) is 0 Å². The van der Waals surface area contributed by atoms with Gasteiger partial charge in [-0.1, -0.05) is 224 Å². The van der Waals surface area contributed by atoms with Crippen LogP contribution in [0.4, 0.5) is 51.2 Å². The zero-order valence-electron chi connectivity index (χ0n) is 52.6. The molecule has 2 aromatic heterocycles. The lowest BCUT2D eigenvalue weighted by atomic mass is 9.33. The fourth-order valence-corrected chi connectivity index (χ4v) is 14.6. The molecule has 0 bridgehead atoms. The van der Waals surface area contributed by atoms with E-state index < -0.39 is 0 Å². The van der Waals surface area contributed by atoms with E-state index in [2.05, 4.69) is 358 Å². The van der Waals surface area contributed by atoms with Crippen LogP contribution in [0.15, 0.2) is 302 Å². The number of hydrogen-bond donors (Lipinski definition) is 0. The summed E-state index contributed by atoms with van der Waals surface area (Å²) in [6.45, 7) is 13.6. The van der Waals surface area contributed by atoms with Gasteiger partial charge in [0.05, 0.1) is 11.0 Å². The third-order valence-electron chi connectivity index (χ3n) is 19.2. The molecular formula is C86H67BN4O. The molecule has 2 aliphatic heterocycles. The first-order valence-corrected chi connectivity index (χ1v) is 32.2. The molecule has 5 nitrogen and oxygen atoms in total. The molecule has 2 aliphatic rings. The fraction of sp³-hybridized carbons (Fsp3) is 0.0930. The molecule has 0 fully saturated rings. The van der Waals surface area contributed by atoms with Crippen LogP contribution >= 0.6 is 0 Å². The molecule has 0 saturated carbocycles. The zero-order chi connectivity index (χ0) is 62.0. The van der Waals surface area contributed by atoms with Gasteiger partial charge in [0.25, 0.3) is 6.71 Å². The minimum absolute atomic E-state index is 0.0303. The van der Waals surface area contributed by atoms with Crippen molar-refractivity contribution < 1.29 is 4.42 Å². The van der Waals surface area contributed by atoms with Crippen molar-refractivity contribution in [1.29, 1.82) is 0 Å². The van der Waals surface area contributed by atoms with E-state index in [1.54, 1.807) is 0 Å². The second kappa shape index (κ2) is 21.3. The second-order valence-corrected chi connectivity index (χ2v) is 27.0. The maximum Gasteiger partial charge on any atom is 0.252 e. The summed E-state index contributed by atoms with van der Waals surface area (Å²) in [5.74, 6) is 0. The molecule has 13 aromatic carbocycles. The number of hydrogen-bond acceptors (Lipinski definition) is 4. The van der Waals surface area contributed by atoms with Gasteiger partial charge in [0.15, 0.2) is 0 Å². The van der Waals surface area contributed by atoms with Gasteiger partial charge in [0.2, 0.25) is 0 Å². The number of furan rings is 1. The number of anilines is 9. The molecule has 15 aromatic rings. The maximum absolute atomic E-state index is 6.67. The average molecular weight is 1180 g/mol. The van der Waals surface area contributed by atoms with Gasteiger partial charge in [-0.15, -0.1) is 0 Å². The number of aromatic nitrogens is 1. The summed E-state index contributed by atoms with van der Waals surface area (Å²) in [7, 11) is 0. The Kier molecular flexibility index (Phi) is 12.7. The van der Waals surface area contributed by atoms with Crippen LogP contribution in [0.3, 0.4) is 0 Å². The van der Waals surface area contributed by atoms with Crippen molar-refractivity contribution in [1.82, 2.24) is 4.57 Å². The van der Waals surface area contributed by atoms with Crippen molar-refractivity contribution in [2.45, 2.75) is 52.4 Å². The van der Waals surface area contributed by atoms with E-state index in [1.807, 2.05) is 0 Å². The highest BCUT2D eigenvalue weighted by molar-refractivity contribution is 7.00. The van der Waals surface area contributed by atoms with Gasteiger partial charge in [-0.25, -0.2) is 0 Å². The molecule has 0 unspecified atom stereocenters. The first-order valence-electron chi connectivity index (χ1n) is 32.2. The molecule has 4 heterocycles. The Hall–Kier alpha value is -11.1. The molecule has 0 aliphatic carbocycles. The third kappa shape index (κ3) is 9.14. The van der Waals surface area contributed by atoms with Crippen LogP contribution < -0.4 is 31.1 Å². The Labute approximate surface area is 538 Å². The largest absolute Gasteiger partial charge is 0.456 e. The summed E-state index contributed by atoms with van der Waals surface area (Å²) in [6.07, 6.45) is 0. The lowest BCUT2D eigenvalue weighted by molar-refractivity contribution is 0.590. The van der Waals surface area contributed by atoms with Crippen LogP contribution in [0, 0.1) is 0 Å². The van der Waals surface area contributed by atoms with Crippen molar-refractivity contribution in [3.05, 3.63) is 308 Å². The van der Waals surface area contributed by atoms with E-state index in [0.717, 1.165) is 112 Å². The predicted octanol–water partition coefficient (Wildman–Crippen LogP) is 21.8. The lowest BCUT2D eigenvalue weighted by Gasteiger charge is -2.45. The minimum atomic E-state index is -0.176. The number of benzene rings is 13. The first-order chi connectivity index (χ1) is 44.9. The third-order valence-corrected chi connectivity index (χ3v) is 19.2. The Morgan fingerprint density at radius 3 is 1.40 bits per heavy atom. The molecule has 92 heavy (non-hydrogen) atoms. The molecule has 0 spiro atoms. The van der Waals surface area contributed by atoms with Crippen LogP contribution in [0.1, 0.15) is 52.7 Å². The van der Waals surface area contributed by atoms with Gasteiger partial charge in [-0.2, -0.15) is 0 Å². The Bertz CT molecular complexity index is 5350. The number of para-hydroxylation sites is 2. The van der Waals surface area contributed by atoms with Gasteiger partial charge >= 0.3 is 0 Å². The van der Waals surface area contributed by atoms with E-state index in [0.29, 0.717) is 0 Å². The highest BCUT2D eigenvalue weighted by Gasteiger charge is 2.45. The van der Waals surface area contributed by atoms with Gasteiger partial charge in [0, 0.05) is 78.4 Å². The summed E-state index contributed by atoms with van der Waals surface area (Å²) in [4.78, 5) is 7.61. The number of fused-ring (bicyclic) bond motifs is 10. The topological polar surface area (TPSA) is 27.8 Å². The van der Waals surface area contributed by atoms with Gasteiger partial charge in [-0.3, -0.25) is 0 Å². The van der Waals surface area contributed by atoms with Crippen molar-refractivity contribution >= 4 is 118 Å². The molecule has 440 valence electrons. The number of rotatable bonds is 9. The fourth-order valence-electron chi connectivity index (χ4n) is 14.6. The summed E-state index contributed by atoms with van der Waals surface area (Å²) in [5, 5.41) is 4.58. The second-order valence-electron chi connectivity index (χ2n) is 27.0. The van der Waals surface area contributed by atoms with E-state index in [9.17, 15) is 0 Å². The van der Waals surface area contributed by atoms with Crippen LogP contribution in [0.5, 0.6) is 0 Å². The maximum atomic E-state index is 6.67. The lowest BCUT2D eigenvalue weighted by Crippen LogP contribution is -2.61. The minimum Gasteiger partial charge on any atom is -0.456 e. The number of nitrogens with zero attached hydrogens (tertiary/aromatic N) is 4. The summed E-state index contributed by atoms with van der Waals surface area (Å²) >= 11 is 0. The molecule has 0 amide bonds. The molecule has 6 heteroatoms. The Balaban J connectivity index is 0.962. The van der Waals surface area contributed by atoms with E-state index in [1.165, 1.54) is 49.4 Å². The highest BCUT2D eigenvalue weighted by Crippen LogP contribution is 2.50. The molecule has 0 N–H and O–H groups in total. The van der Waals surface area contributed by atoms with Crippen molar-refractivity contribution in [2.75, 3.05) is 14.7 Å². The molecular weight excluding hydrogens is 1120 g/mol. The molecule has 0 radical (unpaired) electrons. The van der Waals surface area contributed by atoms with Crippen LogP contribution in [-0.4, -0.2) is 11.3 Å². The van der Waals surface area contributed by atoms with Crippen molar-refractivity contribution in [2.24, 2.45) is 0 Å².